The van der Waals surface area contributed by atoms with E-state index in [1.807, 2.05) is 0 Å². The zero-order valence-electron chi connectivity index (χ0n) is 19.3. The second-order valence-corrected chi connectivity index (χ2v) is 11.0. The first-order chi connectivity index (χ1) is 13.2. The molecule has 0 saturated heterocycles. The van der Waals surface area contributed by atoms with Gasteiger partial charge in [0.2, 0.25) is 11.8 Å². The quantitative estimate of drug-likeness (QED) is 0.461. The minimum absolute atomic E-state index is 0.0433. The number of hydrogen-bond acceptors (Lipinski definition) is 3. The van der Waals surface area contributed by atoms with E-state index in [2.05, 4.69) is 115 Å². The second-order valence-electron chi connectivity index (χ2n) is 11.0. The summed E-state index contributed by atoms with van der Waals surface area (Å²) in [4.78, 5) is 0. The predicted octanol–water partition coefficient (Wildman–Crippen LogP) is 7.30. The number of hydrogen-bond donors (Lipinski definition) is 0. The highest BCUT2D eigenvalue weighted by Gasteiger charge is 2.22. The Labute approximate surface area is 175 Å². The van der Waals surface area contributed by atoms with Crippen LogP contribution in [0.1, 0.15) is 79.0 Å². The molecule has 0 amide bonds. The second kappa shape index (κ2) is 7.12. The van der Waals surface area contributed by atoms with Gasteiger partial charge in [0.15, 0.2) is 0 Å². The molecule has 0 fully saturated rings. The van der Waals surface area contributed by atoms with Gasteiger partial charge in [-0.2, -0.15) is 0 Å². The van der Waals surface area contributed by atoms with Crippen LogP contribution in [-0.4, -0.2) is 10.2 Å². The molecule has 0 bridgehead atoms. The lowest BCUT2D eigenvalue weighted by atomic mass is 9.79. The van der Waals surface area contributed by atoms with E-state index in [1.165, 1.54) is 16.7 Å². The highest BCUT2D eigenvalue weighted by atomic mass is 16.4. The van der Waals surface area contributed by atoms with Gasteiger partial charge in [0, 0.05) is 11.1 Å². The third-order valence-corrected chi connectivity index (χ3v) is 5.33. The zero-order chi connectivity index (χ0) is 21.6. The van der Waals surface area contributed by atoms with Gasteiger partial charge in [-0.05, 0) is 57.2 Å². The van der Waals surface area contributed by atoms with Crippen LogP contribution in [0.15, 0.2) is 46.9 Å². The molecule has 0 aliphatic rings. The molecular weight excluding hydrogens is 356 g/mol. The van der Waals surface area contributed by atoms with Crippen LogP contribution in [-0.2, 0) is 16.2 Å². The summed E-state index contributed by atoms with van der Waals surface area (Å²) in [5.41, 5.74) is 5.96. The first-order valence-electron chi connectivity index (χ1n) is 10.4. The minimum atomic E-state index is 0.0433. The van der Waals surface area contributed by atoms with Crippen LogP contribution in [0.4, 0.5) is 0 Å². The van der Waals surface area contributed by atoms with Crippen molar-refractivity contribution < 1.29 is 4.42 Å². The van der Waals surface area contributed by atoms with Crippen molar-refractivity contribution in [2.45, 2.75) is 78.6 Å². The summed E-state index contributed by atoms with van der Waals surface area (Å²) in [6.45, 7) is 20.0. The number of aromatic nitrogens is 2. The predicted molar refractivity (Wildman–Crippen MR) is 121 cm³/mol. The lowest BCUT2D eigenvalue weighted by molar-refractivity contribution is 0.564. The molecule has 0 spiro atoms. The van der Waals surface area contributed by atoms with Crippen molar-refractivity contribution in [3.8, 4) is 22.9 Å². The lowest BCUT2D eigenvalue weighted by Gasteiger charge is -2.25. The van der Waals surface area contributed by atoms with E-state index >= 15 is 0 Å². The van der Waals surface area contributed by atoms with E-state index < -0.39 is 0 Å². The molecule has 1 aromatic heterocycles. The van der Waals surface area contributed by atoms with Crippen molar-refractivity contribution in [3.05, 3.63) is 59.2 Å². The van der Waals surface area contributed by atoms with Gasteiger partial charge in [0.05, 0.1) is 0 Å². The molecule has 0 N–H and O–H groups in total. The van der Waals surface area contributed by atoms with Gasteiger partial charge in [-0.15, -0.1) is 10.2 Å². The summed E-state index contributed by atoms with van der Waals surface area (Å²) in [6, 6.07) is 15.0. The fraction of sp³-hybridized carbons (Fsp3) is 0.462. The van der Waals surface area contributed by atoms with Crippen molar-refractivity contribution >= 4 is 0 Å². The van der Waals surface area contributed by atoms with Crippen LogP contribution in [0.2, 0.25) is 0 Å². The normalized spacial score (nSPS) is 13.0. The summed E-state index contributed by atoms with van der Waals surface area (Å²) < 4.78 is 6.09. The molecule has 3 rings (SSSR count). The molecule has 3 heteroatoms. The molecule has 0 aliphatic carbocycles. The van der Waals surface area contributed by atoms with Crippen LogP contribution in [0.3, 0.4) is 0 Å². The monoisotopic (exact) mass is 390 g/mol. The van der Waals surface area contributed by atoms with Gasteiger partial charge >= 0.3 is 0 Å². The van der Waals surface area contributed by atoms with Crippen molar-refractivity contribution in [2.75, 3.05) is 0 Å². The van der Waals surface area contributed by atoms with E-state index in [0.29, 0.717) is 11.8 Å². The SMILES string of the molecule is CC(C)(C)c1ccc(-c2nnc(-c3cc(C(C)(C)C)cc(C(C)(C)C)c3)o2)cc1. The van der Waals surface area contributed by atoms with Crippen LogP contribution in [0.5, 0.6) is 0 Å². The van der Waals surface area contributed by atoms with Crippen LogP contribution < -0.4 is 0 Å². The van der Waals surface area contributed by atoms with Gasteiger partial charge in [-0.3, -0.25) is 0 Å². The van der Waals surface area contributed by atoms with E-state index in [4.69, 9.17) is 4.42 Å². The first kappa shape index (κ1) is 21.3. The smallest absolute Gasteiger partial charge is 0.248 e. The molecule has 154 valence electrons. The molecule has 1 heterocycles. The topological polar surface area (TPSA) is 38.9 Å². The summed E-state index contributed by atoms with van der Waals surface area (Å²) in [6.07, 6.45) is 0. The molecule has 3 nitrogen and oxygen atoms in total. The van der Waals surface area contributed by atoms with E-state index in [9.17, 15) is 0 Å². The molecule has 0 aliphatic heterocycles. The minimum Gasteiger partial charge on any atom is -0.416 e. The van der Waals surface area contributed by atoms with Gasteiger partial charge in [-0.1, -0.05) is 80.5 Å². The molecule has 29 heavy (non-hydrogen) atoms. The highest BCUT2D eigenvalue weighted by Crippen LogP contribution is 2.34. The van der Waals surface area contributed by atoms with Gasteiger partial charge < -0.3 is 4.42 Å². The lowest BCUT2D eigenvalue weighted by Crippen LogP contribution is -2.16. The van der Waals surface area contributed by atoms with Gasteiger partial charge in [-0.25, -0.2) is 0 Å². The molecule has 2 aromatic carbocycles. The molecule has 0 atom stereocenters. The fourth-order valence-corrected chi connectivity index (χ4v) is 3.19. The molecular formula is C26H34N2O. The Balaban J connectivity index is 2.02. The molecule has 0 unspecified atom stereocenters. The zero-order valence-corrected chi connectivity index (χ0v) is 19.3. The highest BCUT2D eigenvalue weighted by molar-refractivity contribution is 5.61. The average molecular weight is 391 g/mol. The molecule has 0 saturated carbocycles. The third kappa shape index (κ3) is 4.77. The molecule has 3 aromatic rings. The summed E-state index contributed by atoms with van der Waals surface area (Å²) >= 11 is 0. The van der Waals surface area contributed by atoms with Crippen molar-refractivity contribution in [2.24, 2.45) is 0 Å². The van der Waals surface area contributed by atoms with Crippen molar-refractivity contribution in [1.82, 2.24) is 10.2 Å². The first-order valence-corrected chi connectivity index (χ1v) is 10.4. The van der Waals surface area contributed by atoms with E-state index in [1.54, 1.807) is 0 Å². The van der Waals surface area contributed by atoms with Crippen LogP contribution in [0.25, 0.3) is 22.9 Å². The van der Waals surface area contributed by atoms with Gasteiger partial charge in [0.1, 0.15) is 0 Å². The van der Waals surface area contributed by atoms with Crippen LogP contribution >= 0.6 is 0 Å². The summed E-state index contributed by atoms with van der Waals surface area (Å²) in [7, 11) is 0. The maximum atomic E-state index is 6.09. The third-order valence-electron chi connectivity index (χ3n) is 5.33. The van der Waals surface area contributed by atoms with Crippen LogP contribution in [0, 0.1) is 0 Å². The van der Waals surface area contributed by atoms with Gasteiger partial charge in [0.25, 0.3) is 0 Å². The molecule has 0 radical (unpaired) electrons. The number of rotatable bonds is 2. The number of benzene rings is 2. The average Bonchev–Trinajstić information content (AvgIpc) is 3.09. The Hall–Kier alpha value is -2.42. The standard InChI is InChI=1S/C26H34N2O/c1-24(2,3)19-12-10-17(11-13-19)22-27-28-23(29-22)18-14-20(25(4,5)6)16-21(15-18)26(7,8)9/h10-16H,1-9H3. The Morgan fingerprint density at radius 3 is 1.34 bits per heavy atom. The van der Waals surface area contributed by atoms with Crippen molar-refractivity contribution in [1.29, 1.82) is 0 Å². The maximum Gasteiger partial charge on any atom is 0.248 e. The van der Waals surface area contributed by atoms with Crippen molar-refractivity contribution in [3.63, 3.8) is 0 Å². The largest absolute Gasteiger partial charge is 0.416 e. The fourth-order valence-electron chi connectivity index (χ4n) is 3.19. The van der Waals surface area contributed by atoms with E-state index in [-0.39, 0.29) is 16.2 Å². The maximum absolute atomic E-state index is 6.09. The summed E-state index contributed by atoms with van der Waals surface area (Å²) in [5.74, 6) is 1.12. The Kier molecular flexibility index (Phi) is 5.23. The summed E-state index contributed by atoms with van der Waals surface area (Å²) in [5, 5.41) is 8.69. The Morgan fingerprint density at radius 2 is 0.931 bits per heavy atom. The number of nitrogens with zero attached hydrogens (tertiary/aromatic N) is 2. The van der Waals surface area contributed by atoms with E-state index in [0.717, 1.165) is 11.1 Å². The Bertz CT molecular complexity index is 959. The Morgan fingerprint density at radius 1 is 0.517 bits per heavy atom.